The fourth-order valence-electron chi connectivity index (χ4n) is 10.2. The highest BCUT2D eigenvalue weighted by molar-refractivity contribution is 7.99. The van der Waals surface area contributed by atoms with Gasteiger partial charge < -0.3 is 48.9 Å². The highest BCUT2D eigenvalue weighted by atomic mass is 32.2. The molecule has 15 heteroatoms. The van der Waals surface area contributed by atoms with Crippen LogP contribution < -0.4 is 34.3 Å². The number of carbonyl (C=O) groups is 2. The van der Waals surface area contributed by atoms with Crippen LogP contribution in [0.3, 0.4) is 0 Å². The number of aromatic nitrogens is 1. The number of fused-ring (bicyclic) bond motifs is 11. The standard InChI is InChI=1S/C40H42N4O10S/c1-16-10-19-11-24-38(47)44-25-13-51-39(48)40(37-21(8-9-41-40)22-12-20(49-4)6-7-23(22)43-37)14-55-36(30(44)29(42-24)26(19)31(46)32(16)50-5)28-27(25)35-34(52-15-53-35)17(2)33(28)54-18(3)45/h6-7,10,12,24-25,29-30,36,38,41-43,46-47H,8-9,11,13-15H2,1-5H3/t24-,25-,29+,30?,36+,38-,40+/m0/s1. The van der Waals surface area contributed by atoms with Crippen LogP contribution in [0.15, 0.2) is 24.3 Å². The Morgan fingerprint density at radius 1 is 1.05 bits per heavy atom. The number of thioether (sulfide) groups is 1. The lowest BCUT2D eigenvalue weighted by molar-refractivity contribution is -0.164. The summed E-state index contributed by atoms with van der Waals surface area (Å²) >= 11 is 1.51. The zero-order valence-corrected chi connectivity index (χ0v) is 31.8. The summed E-state index contributed by atoms with van der Waals surface area (Å²) in [7, 11) is 3.17. The van der Waals surface area contributed by atoms with Crippen molar-refractivity contribution in [2.24, 2.45) is 0 Å². The van der Waals surface area contributed by atoms with Crippen molar-refractivity contribution < 1.29 is 48.2 Å². The number of benzene rings is 3. The number of nitrogens with zero attached hydrogens (tertiary/aromatic N) is 1. The number of ether oxygens (including phenoxy) is 6. The van der Waals surface area contributed by atoms with Crippen molar-refractivity contribution in [3.63, 3.8) is 0 Å². The Balaban J connectivity index is 1.22. The number of nitrogens with one attached hydrogen (secondary N) is 3. The third-order valence-corrected chi connectivity index (χ3v) is 13.9. The molecule has 2 fully saturated rings. The molecule has 7 aliphatic heterocycles. The predicted molar refractivity (Wildman–Crippen MR) is 200 cm³/mol. The molecule has 7 aliphatic rings. The quantitative estimate of drug-likeness (QED) is 0.150. The zero-order chi connectivity index (χ0) is 38.1. The second-order valence-corrected chi connectivity index (χ2v) is 16.3. The number of aliphatic hydroxyl groups excluding tert-OH is 1. The summed E-state index contributed by atoms with van der Waals surface area (Å²) in [5.74, 6) is 1.67. The first-order valence-corrected chi connectivity index (χ1v) is 19.6. The van der Waals surface area contributed by atoms with Gasteiger partial charge in [0.05, 0.1) is 43.3 Å². The number of methoxy groups -OCH3 is 2. The van der Waals surface area contributed by atoms with Gasteiger partial charge in [0.2, 0.25) is 6.79 Å². The Morgan fingerprint density at radius 2 is 1.87 bits per heavy atom. The lowest BCUT2D eigenvalue weighted by Crippen LogP contribution is -2.69. The molecule has 1 aromatic heterocycles. The Kier molecular flexibility index (Phi) is 7.86. The van der Waals surface area contributed by atoms with E-state index in [2.05, 4.69) is 15.6 Å². The number of phenolic OH excluding ortho intramolecular Hbond substituents is 1. The number of hydrogen-bond donors (Lipinski definition) is 5. The van der Waals surface area contributed by atoms with Crippen LogP contribution >= 0.6 is 11.8 Å². The molecule has 7 atom stereocenters. The summed E-state index contributed by atoms with van der Waals surface area (Å²) in [5.41, 5.74) is 5.70. The maximum absolute atomic E-state index is 14.8. The minimum atomic E-state index is -1.28. The number of esters is 2. The molecule has 0 aliphatic carbocycles. The molecule has 4 aromatic rings. The molecule has 0 saturated carbocycles. The summed E-state index contributed by atoms with van der Waals surface area (Å²) < 4.78 is 36.1. The van der Waals surface area contributed by atoms with Crippen molar-refractivity contribution in [1.82, 2.24) is 20.5 Å². The summed E-state index contributed by atoms with van der Waals surface area (Å²) in [5, 5.41) is 32.0. The minimum Gasteiger partial charge on any atom is -0.504 e. The van der Waals surface area contributed by atoms with Gasteiger partial charge in [-0.25, -0.2) is 4.79 Å². The van der Waals surface area contributed by atoms with Crippen LogP contribution in [0.4, 0.5) is 0 Å². The number of aromatic hydroxyl groups is 1. The number of H-pyrrole nitrogens is 1. The monoisotopic (exact) mass is 770 g/mol. The van der Waals surface area contributed by atoms with Crippen molar-refractivity contribution in [2.45, 2.75) is 74.8 Å². The molecule has 5 N–H and O–H groups in total. The Hall–Kier alpha value is -4.67. The fourth-order valence-corrected chi connectivity index (χ4v) is 11.9. The summed E-state index contributed by atoms with van der Waals surface area (Å²) in [6.45, 7) is 5.43. The largest absolute Gasteiger partial charge is 0.504 e. The van der Waals surface area contributed by atoms with Crippen LogP contribution in [0.5, 0.6) is 34.5 Å². The van der Waals surface area contributed by atoms with E-state index in [9.17, 15) is 19.8 Å². The third kappa shape index (κ3) is 4.76. The molecule has 288 valence electrons. The van der Waals surface area contributed by atoms with Gasteiger partial charge in [-0.15, -0.1) is 11.8 Å². The van der Waals surface area contributed by atoms with Gasteiger partial charge in [-0.1, -0.05) is 6.07 Å². The van der Waals surface area contributed by atoms with Crippen molar-refractivity contribution in [3.8, 4) is 34.5 Å². The smallest absolute Gasteiger partial charge is 0.333 e. The van der Waals surface area contributed by atoms with Gasteiger partial charge in [-0.2, -0.15) is 0 Å². The number of phenols is 1. The minimum absolute atomic E-state index is 0.0417. The first-order valence-electron chi connectivity index (χ1n) is 18.5. The predicted octanol–water partition coefficient (Wildman–Crippen LogP) is 3.85. The maximum Gasteiger partial charge on any atom is 0.333 e. The Morgan fingerprint density at radius 3 is 2.65 bits per heavy atom. The van der Waals surface area contributed by atoms with Gasteiger partial charge in [0.15, 0.2) is 28.5 Å². The number of piperazine rings is 1. The summed E-state index contributed by atoms with van der Waals surface area (Å²) in [6.07, 6.45) is 0.0904. The Labute approximate surface area is 320 Å². The second-order valence-electron chi connectivity index (χ2n) is 15.2. The lowest BCUT2D eigenvalue weighted by Gasteiger charge is -2.59. The number of rotatable bonds is 3. The van der Waals surface area contributed by atoms with Crippen molar-refractivity contribution in [3.05, 3.63) is 68.9 Å². The highest BCUT2D eigenvalue weighted by Gasteiger charge is 2.60. The highest BCUT2D eigenvalue weighted by Crippen LogP contribution is 2.63. The van der Waals surface area contributed by atoms with Crippen LogP contribution in [-0.2, 0) is 32.7 Å². The molecule has 1 unspecified atom stereocenters. The molecular weight excluding hydrogens is 729 g/mol. The van der Waals surface area contributed by atoms with Crippen molar-refractivity contribution >= 4 is 34.6 Å². The van der Waals surface area contributed by atoms with Gasteiger partial charge in [0, 0.05) is 58.4 Å². The Bertz CT molecular complexity index is 2330. The number of aryl methyl sites for hydroxylation is 1. The van der Waals surface area contributed by atoms with Crippen LogP contribution in [-0.4, -0.2) is 90.3 Å². The molecule has 1 spiro atoms. The van der Waals surface area contributed by atoms with E-state index in [1.807, 2.05) is 43.0 Å². The SMILES string of the molecule is COc1ccc2[nH]c3c(c2c1)CCN[C@]31CS[C@@H]2c3c(OC(C)=O)c(C)c4c(c3[C@H](COC1=O)N1C2[C@@H]2N[C@@H](Cc3cc(C)c(OC)c(O)c32)[C@@H]1O)OCO4. The van der Waals surface area contributed by atoms with Crippen LogP contribution in [0, 0.1) is 13.8 Å². The van der Waals surface area contributed by atoms with Gasteiger partial charge >= 0.3 is 11.9 Å². The molecule has 0 radical (unpaired) electrons. The van der Waals surface area contributed by atoms with E-state index < -0.39 is 53.1 Å². The normalized spacial score (nSPS) is 28.9. The van der Waals surface area contributed by atoms with E-state index in [1.165, 1.54) is 25.8 Å². The average Bonchev–Trinajstić information content (AvgIpc) is 3.82. The second kappa shape index (κ2) is 12.4. The van der Waals surface area contributed by atoms with E-state index >= 15 is 0 Å². The first kappa shape index (κ1) is 34.8. The van der Waals surface area contributed by atoms with Gasteiger partial charge in [0.1, 0.15) is 24.3 Å². The van der Waals surface area contributed by atoms with Crippen LogP contribution in [0.1, 0.15) is 68.9 Å². The molecule has 8 heterocycles. The molecule has 3 aromatic carbocycles. The van der Waals surface area contributed by atoms with E-state index in [1.54, 1.807) is 7.11 Å². The van der Waals surface area contributed by atoms with Crippen LogP contribution in [0.2, 0.25) is 0 Å². The first-order chi connectivity index (χ1) is 26.6. The molecule has 14 nitrogen and oxygen atoms in total. The van der Waals surface area contributed by atoms with E-state index in [0.29, 0.717) is 64.6 Å². The fraction of sp³-hybridized carbons (Fsp3) is 0.450. The van der Waals surface area contributed by atoms with Gasteiger partial charge in [-0.05, 0) is 61.6 Å². The zero-order valence-electron chi connectivity index (χ0n) is 31.0. The summed E-state index contributed by atoms with van der Waals surface area (Å²) in [4.78, 5) is 33.3. The number of hydrogen-bond acceptors (Lipinski definition) is 14. The molecule has 2 saturated heterocycles. The van der Waals surface area contributed by atoms with Gasteiger partial charge in [0.25, 0.3) is 0 Å². The third-order valence-electron chi connectivity index (χ3n) is 12.4. The molecule has 4 bridgehead atoms. The van der Waals surface area contributed by atoms with Crippen LogP contribution in [0.25, 0.3) is 10.9 Å². The van der Waals surface area contributed by atoms with Crippen molar-refractivity contribution in [1.29, 1.82) is 0 Å². The molecule has 55 heavy (non-hydrogen) atoms. The van der Waals surface area contributed by atoms with E-state index in [-0.39, 0.29) is 24.9 Å². The summed E-state index contributed by atoms with van der Waals surface area (Å²) in [6, 6.07) is 5.62. The lowest BCUT2D eigenvalue weighted by atomic mass is 9.74. The number of aliphatic hydroxyl groups is 1. The topological polar surface area (TPSA) is 173 Å². The van der Waals surface area contributed by atoms with Crippen molar-refractivity contribution in [2.75, 3.05) is 39.9 Å². The number of carbonyl (C=O) groups excluding carboxylic acids is 2. The molecule has 11 rings (SSSR count). The average molecular weight is 771 g/mol. The number of aromatic amines is 1. The molecule has 0 amide bonds. The maximum atomic E-state index is 14.8. The molecular formula is C40H42N4O10S. The van der Waals surface area contributed by atoms with E-state index in [4.69, 9.17) is 28.4 Å². The van der Waals surface area contributed by atoms with Gasteiger partial charge in [-0.3, -0.25) is 15.0 Å². The van der Waals surface area contributed by atoms with E-state index in [0.717, 1.165) is 39.0 Å².